The molecule has 0 bridgehead atoms. The van der Waals surface area contributed by atoms with Gasteiger partial charge in [-0.25, -0.2) is 0 Å². The summed E-state index contributed by atoms with van der Waals surface area (Å²) in [5.74, 6) is -0.446. The average Bonchev–Trinajstić information content (AvgIpc) is 2.90. The summed E-state index contributed by atoms with van der Waals surface area (Å²) in [5, 5.41) is 2.74. The third kappa shape index (κ3) is 7.45. The first kappa shape index (κ1) is 19.7. The second-order valence-corrected chi connectivity index (χ2v) is 7.89. The van der Waals surface area contributed by atoms with E-state index in [1.165, 1.54) is 24.3 Å². The van der Waals surface area contributed by atoms with Gasteiger partial charge in [-0.05, 0) is 52.8 Å². The fourth-order valence-corrected chi connectivity index (χ4v) is 3.63. The Kier molecular flexibility index (Phi) is 6.86. The molecule has 4 nitrogen and oxygen atoms in total. The fourth-order valence-electron chi connectivity index (χ4n) is 2.07. The summed E-state index contributed by atoms with van der Waals surface area (Å²) >= 11 is 5.00. The number of amides is 1. The molecule has 0 aliphatic carbocycles. The van der Waals surface area contributed by atoms with Crippen LogP contribution in [0.1, 0.15) is 10.4 Å². The van der Waals surface area contributed by atoms with Crippen molar-refractivity contribution in [2.24, 2.45) is 0 Å². The Morgan fingerprint density at radius 1 is 1.24 bits per heavy atom. The van der Waals surface area contributed by atoms with E-state index in [2.05, 4.69) is 26.0 Å². The Bertz CT molecular complexity index is 704. The van der Waals surface area contributed by atoms with Crippen LogP contribution in [0.5, 0.6) is 5.75 Å². The number of nitrogens with one attached hydrogen (secondary N) is 1. The molecule has 0 atom stereocenters. The summed E-state index contributed by atoms with van der Waals surface area (Å²) in [6.45, 7) is 1.13. The number of carbonyl (C=O) groups is 1. The lowest BCUT2D eigenvalue weighted by Gasteiger charge is -2.15. The minimum absolute atomic E-state index is 0.159. The van der Waals surface area contributed by atoms with Gasteiger partial charge in [0.05, 0.1) is 10.3 Å². The molecule has 0 radical (unpaired) electrons. The van der Waals surface area contributed by atoms with Crippen LogP contribution in [0.3, 0.4) is 0 Å². The van der Waals surface area contributed by atoms with Crippen molar-refractivity contribution in [1.82, 2.24) is 10.2 Å². The Labute approximate surface area is 155 Å². The zero-order valence-corrected chi connectivity index (χ0v) is 15.7. The van der Waals surface area contributed by atoms with Gasteiger partial charge in [0.2, 0.25) is 5.91 Å². The molecule has 0 aliphatic heterocycles. The molecule has 0 unspecified atom stereocenters. The third-order valence-corrected chi connectivity index (χ3v) is 4.72. The predicted molar refractivity (Wildman–Crippen MR) is 93.3 cm³/mol. The Morgan fingerprint density at radius 3 is 2.48 bits per heavy atom. The first-order valence-corrected chi connectivity index (χ1v) is 8.86. The van der Waals surface area contributed by atoms with E-state index >= 15 is 0 Å². The van der Waals surface area contributed by atoms with Gasteiger partial charge >= 0.3 is 6.36 Å². The van der Waals surface area contributed by atoms with Crippen molar-refractivity contribution >= 4 is 33.2 Å². The first-order valence-electron chi connectivity index (χ1n) is 7.25. The fraction of sp³-hybridized carbons (Fsp3) is 0.312. The summed E-state index contributed by atoms with van der Waals surface area (Å²) < 4.78 is 41.1. The van der Waals surface area contributed by atoms with Crippen molar-refractivity contribution in [2.75, 3.05) is 13.6 Å². The number of rotatable bonds is 7. The monoisotopic (exact) mass is 436 g/mol. The number of benzene rings is 1. The zero-order valence-electron chi connectivity index (χ0n) is 13.3. The Hall–Kier alpha value is -1.58. The highest BCUT2D eigenvalue weighted by atomic mass is 79.9. The van der Waals surface area contributed by atoms with Gasteiger partial charge in [0, 0.05) is 18.0 Å². The molecular weight excluding hydrogens is 421 g/mol. The van der Waals surface area contributed by atoms with Crippen LogP contribution in [0.4, 0.5) is 13.2 Å². The van der Waals surface area contributed by atoms with E-state index < -0.39 is 6.36 Å². The van der Waals surface area contributed by atoms with E-state index in [1.807, 2.05) is 24.1 Å². The van der Waals surface area contributed by atoms with Crippen LogP contribution in [-0.4, -0.2) is 30.8 Å². The highest BCUT2D eigenvalue weighted by Gasteiger charge is 2.30. The number of hydrogen-bond donors (Lipinski definition) is 1. The van der Waals surface area contributed by atoms with Gasteiger partial charge in [-0.15, -0.1) is 24.5 Å². The van der Waals surface area contributed by atoms with Crippen LogP contribution < -0.4 is 10.1 Å². The van der Waals surface area contributed by atoms with Gasteiger partial charge in [0.1, 0.15) is 5.75 Å². The molecule has 0 saturated heterocycles. The van der Waals surface area contributed by atoms with Crippen LogP contribution in [0.25, 0.3) is 0 Å². The topological polar surface area (TPSA) is 41.6 Å². The van der Waals surface area contributed by atoms with Gasteiger partial charge in [-0.1, -0.05) is 12.1 Å². The molecule has 2 rings (SSSR count). The summed E-state index contributed by atoms with van der Waals surface area (Å²) in [5.41, 5.74) is 0.688. The van der Waals surface area contributed by atoms with Crippen molar-refractivity contribution in [3.05, 3.63) is 50.6 Å². The van der Waals surface area contributed by atoms with E-state index in [1.54, 1.807) is 11.3 Å². The summed E-state index contributed by atoms with van der Waals surface area (Å²) in [4.78, 5) is 15.0. The van der Waals surface area contributed by atoms with Crippen LogP contribution in [0, 0.1) is 0 Å². The smallest absolute Gasteiger partial charge is 0.406 e. The molecular formula is C16H16BrF3N2O2S. The Morgan fingerprint density at radius 2 is 1.92 bits per heavy atom. The molecule has 1 N–H and O–H groups in total. The maximum absolute atomic E-state index is 12.1. The quantitative estimate of drug-likeness (QED) is 0.708. The first-order chi connectivity index (χ1) is 11.7. The normalized spacial score (nSPS) is 11.6. The maximum atomic E-state index is 12.1. The lowest BCUT2D eigenvalue weighted by atomic mass is 10.2. The minimum atomic E-state index is -4.71. The number of likely N-dealkylation sites (N-methyl/N-ethyl adjacent to an activating group) is 1. The van der Waals surface area contributed by atoms with Crippen LogP contribution >= 0.6 is 27.3 Å². The lowest BCUT2D eigenvalue weighted by Crippen LogP contribution is -2.34. The second-order valence-electron chi connectivity index (χ2n) is 5.35. The van der Waals surface area contributed by atoms with Crippen molar-refractivity contribution in [3.63, 3.8) is 0 Å². The number of ether oxygens (including phenoxy) is 1. The van der Waals surface area contributed by atoms with Gasteiger partial charge in [0.25, 0.3) is 0 Å². The van der Waals surface area contributed by atoms with Gasteiger partial charge < -0.3 is 10.1 Å². The molecule has 1 heterocycles. The van der Waals surface area contributed by atoms with Gasteiger partial charge in [-0.2, -0.15) is 0 Å². The molecule has 0 aliphatic rings. The number of nitrogens with zero attached hydrogens (tertiary/aromatic N) is 1. The molecule has 25 heavy (non-hydrogen) atoms. The Balaban J connectivity index is 1.75. The second kappa shape index (κ2) is 8.68. The molecule has 9 heteroatoms. The summed E-state index contributed by atoms with van der Waals surface area (Å²) in [6.07, 6.45) is -4.71. The minimum Gasteiger partial charge on any atom is -0.406 e. The van der Waals surface area contributed by atoms with E-state index in [0.717, 1.165) is 8.66 Å². The highest BCUT2D eigenvalue weighted by Crippen LogP contribution is 2.23. The molecule has 1 amide bonds. The van der Waals surface area contributed by atoms with Crippen molar-refractivity contribution in [2.45, 2.75) is 19.5 Å². The molecule has 0 spiro atoms. The number of carbonyl (C=O) groups excluding carboxylic acids is 1. The van der Waals surface area contributed by atoms with E-state index in [9.17, 15) is 18.0 Å². The van der Waals surface area contributed by atoms with Gasteiger partial charge in [0.15, 0.2) is 0 Å². The van der Waals surface area contributed by atoms with Crippen molar-refractivity contribution in [1.29, 1.82) is 0 Å². The van der Waals surface area contributed by atoms with Crippen LogP contribution in [0.15, 0.2) is 40.2 Å². The number of alkyl halides is 3. The lowest BCUT2D eigenvalue weighted by molar-refractivity contribution is -0.274. The van der Waals surface area contributed by atoms with Crippen LogP contribution in [0.2, 0.25) is 0 Å². The van der Waals surface area contributed by atoms with E-state index in [4.69, 9.17) is 0 Å². The summed E-state index contributed by atoms with van der Waals surface area (Å²) in [6, 6.07) is 9.35. The standard InChI is InChI=1S/C16H16BrF3N2O2S/c1-22(9-13-6-7-14(17)25-13)10-15(23)21-8-11-2-4-12(5-3-11)24-16(18,19)20/h2-7H,8-10H2,1H3,(H,21,23). The number of halogens is 4. The van der Waals surface area contributed by atoms with Gasteiger partial charge in [-0.3, -0.25) is 9.69 Å². The average molecular weight is 437 g/mol. The predicted octanol–water partition coefficient (Wildman–Crippen LogP) is 4.16. The third-order valence-electron chi connectivity index (χ3n) is 3.11. The van der Waals surface area contributed by atoms with E-state index in [-0.39, 0.29) is 24.7 Å². The van der Waals surface area contributed by atoms with Crippen molar-refractivity contribution < 1.29 is 22.7 Å². The SMILES string of the molecule is CN(CC(=O)NCc1ccc(OC(F)(F)F)cc1)Cc1ccc(Br)s1. The van der Waals surface area contributed by atoms with Crippen molar-refractivity contribution in [3.8, 4) is 5.75 Å². The maximum Gasteiger partial charge on any atom is 0.573 e. The molecule has 0 fully saturated rings. The molecule has 2 aromatic rings. The molecule has 1 aromatic carbocycles. The molecule has 0 saturated carbocycles. The molecule has 136 valence electrons. The van der Waals surface area contributed by atoms with Crippen LogP contribution in [-0.2, 0) is 17.9 Å². The number of hydrogen-bond acceptors (Lipinski definition) is 4. The van der Waals surface area contributed by atoms with E-state index in [0.29, 0.717) is 12.1 Å². The number of thiophene rings is 1. The summed E-state index contributed by atoms with van der Waals surface area (Å²) in [7, 11) is 1.84. The largest absolute Gasteiger partial charge is 0.573 e. The highest BCUT2D eigenvalue weighted by molar-refractivity contribution is 9.11. The zero-order chi connectivity index (χ0) is 18.4. The molecule has 1 aromatic heterocycles.